The van der Waals surface area contributed by atoms with E-state index in [-0.39, 0.29) is 23.3 Å². The zero-order chi connectivity index (χ0) is 37.5. The van der Waals surface area contributed by atoms with Gasteiger partial charge in [0.1, 0.15) is 17.3 Å². The molecule has 6 aromatic rings. The van der Waals surface area contributed by atoms with Crippen molar-refractivity contribution in [1.82, 2.24) is 24.6 Å². The van der Waals surface area contributed by atoms with Gasteiger partial charge in [0.15, 0.2) is 0 Å². The van der Waals surface area contributed by atoms with Gasteiger partial charge < -0.3 is 30.7 Å². The number of urea groups is 1. The van der Waals surface area contributed by atoms with Crippen molar-refractivity contribution in [3.63, 3.8) is 0 Å². The van der Waals surface area contributed by atoms with E-state index in [0.717, 1.165) is 40.7 Å². The molecule has 0 aliphatic heterocycles. The molecule has 0 saturated carbocycles. The lowest BCUT2D eigenvalue weighted by molar-refractivity contribution is 0.0999. The lowest BCUT2D eigenvalue weighted by atomic mass is 10.1. The van der Waals surface area contributed by atoms with Gasteiger partial charge in [0.05, 0.1) is 23.7 Å². The molecular weight excluding hydrogens is 670 g/mol. The molecule has 272 valence electrons. The van der Waals surface area contributed by atoms with E-state index in [4.69, 9.17) is 20.3 Å². The predicted octanol–water partition coefficient (Wildman–Crippen LogP) is 7.86. The summed E-state index contributed by atoms with van der Waals surface area (Å²) >= 11 is 0. The van der Waals surface area contributed by atoms with Crippen LogP contribution in [0.5, 0.6) is 17.4 Å². The lowest BCUT2D eigenvalue weighted by Crippen LogP contribution is -2.21. The third-order valence-corrected chi connectivity index (χ3v) is 8.28. The second kappa shape index (κ2) is 16.3. The van der Waals surface area contributed by atoms with Gasteiger partial charge in [-0.2, -0.15) is 10.1 Å². The van der Waals surface area contributed by atoms with E-state index in [1.54, 1.807) is 47.3 Å². The number of hydrogen-bond acceptors (Lipinski definition) is 9. The van der Waals surface area contributed by atoms with Gasteiger partial charge in [-0.1, -0.05) is 55.8 Å². The molecule has 2 aromatic heterocycles. The van der Waals surface area contributed by atoms with Crippen LogP contribution < -0.4 is 31.2 Å². The number of anilines is 4. The van der Waals surface area contributed by atoms with Gasteiger partial charge in [0.2, 0.25) is 17.7 Å². The Morgan fingerprint density at radius 3 is 2.43 bits per heavy atom. The lowest BCUT2D eigenvalue weighted by Gasteiger charge is -2.15. The van der Waals surface area contributed by atoms with Gasteiger partial charge in [-0.05, 0) is 69.8 Å². The van der Waals surface area contributed by atoms with Crippen LogP contribution in [0.2, 0.25) is 0 Å². The SMILES string of the molecule is Cc1ccc(-n2nc(C(C)C)cc2NC(=O)Nc2ccc(Oc3ccnc(Nc4cc(OCCCN(C)C)cc(C(N)=O)c4)n3)c3ccccc23)cc1. The molecule has 0 aliphatic carbocycles. The van der Waals surface area contributed by atoms with Gasteiger partial charge in [-0.15, -0.1) is 0 Å². The monoisotopic (exact) mass is 713 g/mol. The second-order valence-corrected chi connectivity index (χ2v) is 13.2. The summed E-state index contributed by atoms with van der Waals surface area (Å²) in [7, 11) is 3.99. The summed E-state index contributed by atoms with van der Waals surface area (Å²) < 4.78 is 13.9. The zero-order valence-electron chi connectivity index (χ0n) is 30.4. The zero-order valence-corrected chi connectivity index (χ0v) is 30.4. The molecule has 13 nitrogen and oxygen atoms in total. The first-order valence-electron chi connectivity index (χ1n) is 17.3. The largest absolute Gasteiger partial charge is 0.493 e. The maximum atomic E-state index is 13.4. The number of carbonyl (C=O) groups is 2. The van der Waals surface area contributed by atoms with Crippen molar-refractivity contribution >= 4 is 45.9 Å². The number of fused-ring (bicyclic) bond motifs is 1. The summed E-state index contributed by atoms with van der Waals surface area (Å²) in [4.78, 5) is 36.4. The first-order valence-corrected chi connectivity index (χ1v) is 17.3. The number of nitrogens with two attached hydrogens (primary N) is 1. The van der Waals surface area contributed by atoms with Crippen molar-refractivity contribution in [1.29, 1.82) is 0 Å². The molecule has 0 radical (unpaired) electrons. The Labute approximate surface area is 308 Å². The van der Waals surface area contributed by atoms with E-state index in [9.17, 15) is 9.59 Å². The van der Waals surface area contributed by atoms with Gasteiger partial charge in [-0.25, -0.2) is 14.5 Å². The average Bonchev–Trinajstić information content (AvgIpc) is 3.55. The van der Waals surface area contributed by atoms with Crippen LogP contribution in [0.1, 0.15) is 47.8 Å². The maximum absolute atomic E-state index is 13.4. The van der Waals surface area contributed by atoms with Crippen molar-refractivity contribution in [3.05, 3.63) is 114 Å². The van der Waals surface area contributed by atoms with Crippen LogP contribution in [0.15, 0.2) is 97.2 Å². The van der Waals surface area contributed by atoms with E-state index in [1.807, 2.05) is 75.6 Å². The summed E-state index contributed by atoms with van der Waals surface area (Å²) in [6.45, 7) is 7.49. The summed E-state index contributed by atoms with van der Waals surface area (Å²) in [5, 5.41) is 15.4. The molecule has 53 heavy (non-hydrogen) atoms. The number of rotatable bonds is 14. The van der Waals surface area contributed by atoms with Crippen molar-refractivity contribution in [2.24, 2.45) is 5.73 Å². The summed E-state index contributed by atoms with van der Waals surface area (Å²) in [5.74, 6) is 1.70. The number of nitrogens with one attached hydrogen (secondary N) is 3. The van der Waals surface area contributed by atoms with Gasteiger partial charge in [0, 0.05) is 53.0 Å². The Morgan fingerprint density at radius 1 is 0.925 bits per heavy atom. The van der Waals surface area contributed by atoms with Crippen molar-refractivity contribution in [3.8, 4) is 23.1 Å². The number of hydrogen-bond donors (Lipinski definition) is 4. The fraction of sp³-hybridized carbons (Fsp3) is 0.225. The molecule has 5 N–H and O–H groups in total. The number of carbonyl (C=O) groups excluding carboxylic acids is 2. The van der Waals surface area contributed by atoms with Crippen molar-refractivity contribution in [2.75, 3.05) is 43.2 Å². The fourth-order valence-electron chi connectivity index (χ4n) is 5.56. The van der Waals surface area contributed by atoms with Crippen LogP contribution in [0.3, 0.4) is 0 Å². The molecule has 0 aliphatic rings. The summed E-state index contributed by atoms with van der Waals surface area (Å²) in [6.07, 6.45) is 2.38. The number of aryl methyl sites for hydroxylation is 1. The second-order valence-electron chi connectivity index (χ2n) is 13.2. The number of primary amides is 1. The Morgan fingerprint density at radius 2 is 1.70 bits per heavy atom. The van der Waals surface area contributed by atoms with Gasteiger partial charge >= 0.3 is 6.03 Å². The highest BCUT2D eigenvalue weighted by Crippen LogP contribution is 2.35. The number of aromatic nitrogens is 4. The van der Waals surface area contributed by atoms with Crippen LogP contribution in [-0.4, -0.2) is 63.8 Å². The molecular formula is C40H43N9O4. The van der Waals surface area contributed by atoms with Crippen LogP contribution in [0, 0.1) is 6.92 Å². The minimum Gasteiger partial charge on any atom is -0.493 e. The summed E-state index contributed by atoms with van der Waals surface area (Å²) in [5.41, 5.74) is 9.85. The predicted molar refractivity (Wildman–Crippen MR) is 208 cm³/mol. The average molecular weight is 714 g/mol. The minimum absolute atomic E-state index is 0.173. The molecule has 13 heteroatoms. The van der Waals surface area contributed by atoms with E-state index < -0.39 is 11.9 Å². The van der Waals surface area contributed by atoms with Gasteiger partial charge in [-0.3, -0.25) is 10.1 Å². The number of ether oxygens (including phenoxy) is 2. The Bertz CT molecular complexity index is 2230. The van der Waals surface area contributed by atoms with Crippen molar-refractivity contribution < 1.29 is 19.1 Å². The van der Waals surface area contributed by atoms with E-state index >= 15 is 0 Å². The van der Waals surface area contributed by atoms with Crippen LogP contribution in [0.25, 0.3) is 16.5 Å². The van der Waals surface area contributed by atoms with E-state index in [0.29, 0.717) is 35.3 Å². The standard InChI is InChI=1S/C40H43N9O4/c1-25(2)34-24-36(49(47-34)29-13-11-26(3)12-14-29)45-40(51)44-33-15-16-35(32-10-7-6-9-31(32)33)53-37-17-18-42-39(46-37)43-28-21-27(38(41)50)22-30(23-28)52-20-8-19-48(4)5/h6-7,9-18,21-25H,8,19-20H2,1-5H3,(H2,41,50)(H,42,43,46)(H2,44,45,51). The molecule has 4 aromatic carbocycles. The highest BCUT2D eigenvalue weighted by molar-refractivity contribution is 6.07. The third kappa shape index (κ3) is 9.26. The quantitative estimate of drug-likeness (QED) is 0.0824. The van der Waals surface area contributed by atoms with Crippen LogP contribution >= 0.6 is 0 Å². The molecule has 6 rings (SSSR count). The molecule has 0 atom stereocenters. The van der Waals surface area contributed by atoms with Crippen LogP contribution in [-0.2, 0) is 0 Å². The number of amides is 3. The normalized spacial score (nSPS) is 11.2. The first kappa shape index (κ1) is 36.3. The highest BCUT2D eigenvalue weighted by Gasteiger charge is 2.17. The van der Waals surface area contributed by atoms with Gasteiger partial charge in [0.25, 0.3) is 0 Å². The topological polar surface area (TPSA) is 162 Å². The molecule has 0 bridgehead atoms. The molecule has 0 spiro atoms. The van der Waals surface area contributed by atoms with E-state index in [1.165, 1.54) is 0 Å². The first-order chi connectivity index (χ1) is 25.5. The minimum atomic E-state index is -0.582. The van der Waals surface area contributed by atoms with Crippen LogP contribution in [0.4, 0.5) is 27.9 Å². The third-order valence-electron chi connectivity index (χ3n) is 8.28. The fourth-order valence-corrected chi connectivity index (χ4v) is 5.56. The molecule has 2 heterocycles. The molecule has 3 amide bonds. The molecule has 0 fully saturated rings. The highest BCUT2D eigenvalue weighted by atomic mass is 16.5. The number of benzene rings is 4. The Kier molecular flexibility index (Phi) is 11.1. The molecule has 0 saturated heterocycles. The number of nitrogens with zero attached hydrogens (tertiary/aromatic N) is 5. The Balaban J connectivity index is 1.18. The van der Waals surface area contributed by atoms with Crippen molar-refractivity contribution in [2.45, 2.75) is 33.1 Å². The molecule has 0 unspecified atom stereocenters. The van der Waals surface area contributed by atoms with E-state index in [2.05, 4.69) is 44.7 Å². The maximum Gasteiger partial charge on any atom is 0.324 e. The summed E-state index contributed by atoms with van der Waals surface area (Å²) in [6, 6.07) is 27.2. The smallest absolute Gasteiger partial charge is 0.324 e. The Hall–Kier alpha value is -6.47.